The summed E-state index contributed by atoms with van der Waals surface area (Å²) in [6, 6.07) is 3.14. The van der Waals surface area contributed by atoms with Crippen molar-refractivity contribution >= 4 is 28.3 Å². The Labute approximate surface area is 121 Å². The molecule has 0 saturated carbocycles. The number of pyridine rings is 1. The first-order valence-corrected chi connectivity index (χ1v) is 7.14. The van der Waals surface area contributed by atoms with E-state index in [1.807, 2.05) is 27.7 Å². The second-order valence-corrected chi connectivity index (χ2v) is 6.11. The number of carboxylic acid groups (broad SMARTS) is 1. The number of carbonyl (C=O) groups is 1. The van der Waals surface area contributed by atoms with E-state index in [2.05, 4.69) is 15.3 Å². The van der Waals surface area contributed by atoms with Gasteiger partial charge in [-0.2, -0.15) is 0 Å². The van der Waals surface area contributed by atoms with Gasteiger partial charge in [0.1, 0.15) is 5.82 Å². The Kier molecular flexibility index (Phi) is 4.04. The normalized spacial score (nSPS) is 10.8. The molecule has 0 bridgehead atoms. The first kappa shape index (κ1) is 14.5. The SMILES string of the molecule is Cc1nc(Nc2cc(C(=O)O)cc(C(C)C)n2)sc1C. The van der Waals surface area contributed by atoms with Gasteiger partial charge < -0.3 is 10.4 Å². The Morgan fingerprint density at radius 1 is 1.30 bits per heavy atom. The maximum absolute atomic E-state index is 11.2. The van der Waals surface area contributed by atoms with Crippen molar-refractivity contribution < 1.29 is 9.90 Å². The zero-order valence-corrected chi connectivity index (χ0v) is 12.7. The lowest BCUT2D eigenvalue weighted by Gasteiger charge is -2.09. The number of nitrogens with one attached hydrogen (secondary N) is 1. The van der Waals surface area contributed by atoms with E-state index in [0.717, 1.165) is 21.4 Å². The fourth-order valence-electron chi connectivity index (χ4n) is 1.67. The van der Waals surface area contributed by atoms with Crippen LogP contribution in [0.4, 0.5) is 10.9 Å². The molecule has 0 saturated heterocycles. The Bertz CT molecular complexity index is 630. The van der Waals surface area contributed by atoms with Gasteiger partial charge >= 0.3 is 5.97 Å². The third-order valence-corrected chi connectivity index (χ3v) is 3.94. The van der Waals surface area contributed by atoms with Crippen LogP contribution in [0.25, 0.3) is 0 Å². The number of rotatable bonds is 4. The summed E-state index contributed by atoms with van der Waals surface area (Å²) in [5.41, 5.74) is 1.95. The Balaban J connectivity index is 2.37. The average Bonchev–Trinajstić information content (AvgIpc) is 2.67. The molecule has 106 valence electrons. The van der Waals surface area contributed by atoms with Crippen LogP contribution in [0.5, 0.6) is 0 Å². The lowest BCUT2D eigenvalue weighted by molar-refractivity contribution is 0.0696. The molecule has 2 aromatic rings. The highest BCUT2D eigenvalue weighted by Gasteiger charge is 2.12. The molecule has 0 atom stereocenters. The number of aromatic nitrogens is 2. The number of carboxylic acids is 1. The molecule has 0 unspecified atom stereocenters. The maximum atomic E-state index is 11.2. The van der Waals surface area contributed by atoms with E-state index in [4.69, 9.17) is 5.11 Å². The van der Waals surface area contributed by atoms with Crippen LogP contribution < -0.4 is 5.32 Å². The predicted octanol–water partition coefficient (Wildman–Crippen LogP) is 3.72. The molecule has 2 rings (SSSR count). The maximum Gasteiger partial charge on any atom is 0.335 e. The third kappa shape index (κ3) is 3.14. The van der Waals surface area contributed by atoms with Gasteiger partial charge in [0.25, 0.3) is 0 Å². The molecule has 0 aliphatic heterocycles. The Morgan fingerprint density at radius 3 is 2.50 bits per heavy atom. The molecule has 0 aliphatic rings. The molecule has 5 nitrogen and oxygen atoms in total. The summed E-state index contributed by atoms with van der Waals surface area (Å²) >= 11 is 1.53. The zero-order valence-electron chi connectivity index (χ0n) is 11.9. The number of nitrogens with zero attached hydrogens (tertiary/aromatic N) is 2. The van der Waals surface area contributed by atoms with Gasteiger partial charge in [0.2, 0.25) is 0 Å². The largest absolute Gasteiger partial charge is 0.478 e. The minimum atomic E-state index is -0.955. The highest BCUT2D eigenvalue weighted by molar-refractivity contribution is 7.15. The highest BCUT2D eigenvalue weighted by atomic mass is 32.1. The molecule has 0 radical (unpaired) electrons. The zero-order chi connectivity index (χ0) is 14.9. The van der Waals surface area contributed by atoms with Crippen LogP contribution >= 0.6 is 11.3 Å². The number of hydrogen-bond acceptors (Lipinski definition) is 5. The summed E-state index contributed by atoms with van der Waals surface area (Å²) in [7, 11) is 0. The molecular formula is C14H17N3O2S. The number of thiazole rings is 1. The van der Waals surface area contributed by atoms with Gasteiger partial charge in [0, 0.05) is 10.6 Å². The van der Waals surface area contributed by atoms with Crippen molar-refractivity contribution in [1.82, 2.24) is 9.97 Å². The minimum absolute atomic E-state index is 0.162. The van der Waals surface area contributed by atoms with Crippen molar-refractivity contribution in [3.8, 4) is 0 Å². The van der Waals surface area contributed by atoms with Crippen molar-refractivity contribution in [3.05, 3.63) is 34.0 Å². The van der Waals surface area contributed by atoms with E-state index in [-0.39, 0.29) is 11.5 Å². The lowest BCUT2D eigenvalue weighted by atomic mass is 10.1. The van der Waals surface area contributed by atoms with Crippen LogP contribution in [0.3, 0.4) is 0 Å². The molecule has 0 amide bonds. The van der Waals surface area contributed by atoms with Crippen LogP contribution in [0.1, 0.15) is 46.4 Å². The predicted molar refractivity (Wildman–Crippen MR) is 80.2 cm³/mol. The fraction of sp³-hybridized carbons (Fsp3) is 0.357. The van der Waals surface area contributed by atoms with E-state index in [1.54, 1.807) is 6.07 Å². The monoisotopic (exact) mass is 291 g/mol. The summed E-state index contributed by atoms with van der Waals surface area (Å²) in [6.45, 7) is 7.90. The summed E-state index contributed by atoms with van der Waals surface area (Å²) in [6.07, 6.45) is 0. The molecule has 2 heterocycles. The quantitative estimate of drug-likeness (QED) is 0.898. The molecule has 2 aromatic heterocycles. The molecule has 2 N–H and O–H groups in total. The van der Waals surface area contributed by atoms with Gasteiger partial charge in [0.05, 0.1) is 11.3 Å². The number of anilines is 2. The fourth-order valence-corrected chi connectivity index (χ4v) is 2.49. The van der Waals surface area contributed by atoms with Crippen molar-refractivity contribution in [2.45, 2.75) is 33.6 Å². The number of aryl methyl sites for hydroxylation is 2. The summed E-state index contributed by atoms with van der Waals surface area (Å²) < 4.78 is 0. The molecule has 6 heteroatoms. The van der Waals surface area contributed by atoms with Crippen LogP contribution in [0.15, 0.2) is 12.1 Å². The van der Waals surface area contributed by atoms with Gasteiger partial charge in [0.15, 0.2) is 5.13 Å². The topological polar surface area (TPSA) is 75.1 Å². The van der Waals surface area contributed by atoms with Crippen molar-refractivity contribution in [3.63, 3.8) is 0 Å². The van der Waals surface area contributed by atoms with Crippen LogP contribution in [-0.4, -0.2) is 21.0 Å². The van der Waals surface area contributed by atoms with Crippen molar-refractivity contribution in [2.24, 2.45) is 0 Å². The van der Waals surface area contributed by atoms with Crippen molar-refractivity contribution in [2.75, 3.05) is 5.32 Å². The van der Waals surface area contributed by atoms with Gasteiger partial charge in [-0.15, -0.1) is 11.3 Å². The molecular weight excluding hydrogens is 274 g/mol. The average molecular weight is 291 g/mol. The van der Waals surface area contributed by atoms with Crippen molar-refractivity contribution in [1.29, 1.82) is 0 Å². The Hall–Kier alpha value is -1.95. The molecule has 0 fully saturated rings. The Morgan fingerprint density at radius 2 is 2.00 bits per heavy atom. The van der Waals surface area contributed by atoms with E-state index < -0.39 is 5.97 Å². The van der Waals surface area contributed by atoms with Gasteiger partial charge in [-0.3, -0.25) is 0 Å². The summed E-state index contributed by atoms with van der Waals surface area (Å²) in [4.78, 5) is 21.1. The van der Waals surface area contributed by atoms with Gasteiger partial charge in [-0.1, -0.05) is 13.8 Å². The van der Waals surface area contributed by atoms with Gasteiger partial charge in [-0.25, -0.2) is 14.8 Å². The first-order valence-electron chi connectivity index (χ1n) is 6.33. The molecule has 0 aliphatic carbocycles. The smallest absolute Gasteiger partial charge is 0.335 e. The number of hydrogen-bond donors (Lipinski definition) is 2. The summed E-state index contributed by atoms with van der Waals surface area (Å²) in [5, 5.41) is 13.0. The molecule has 20 heavy (non-hydrogen) atoms. The van der Waals surface area contributed by atoms with Crippen LogP contribution in [0.2, 0.25) is 0 Å². The van der Waals surface area contributed by atoms with E-state index in [0.29, 0.717) is 5.82 Å². The standard InChI is InChI=1S/C14H17N3O2S/c1-7(2)11-5-10(13(18)19)6-12(16-11)17-14-15-8(3)9(4)20-14/h5-7H,1-4H3,(H,18,19)(H,15,16,17). The second-order valence-electron chi connectivity index (χ2n) is 4.91. The highest BCUT2D eigenvalue weighted by Crippen LogP contribution is 2.25. The lowest BCUT2D eigenvalue weighted by Crippen LogP contribution is -2.04. The van der Waals surface area contributed by atoms with E-state index in [9.17, 15) is 4.79 Å². The van der Waals surface area contributed by atoms with Crippen LogP contribution in [-0.2, 0) is 0 Å². The molecule has 0 spiro atoms. The number of aromatic carboxylic acids is 1. The first-order chi connectivity index (χ1) is 9.36. The summed E-state index contributed by atoms with van der Waals surface area (Å²) in [5.74, 6) is -0.277. The molecule has 0 aromatic carbocycles. The minimum Gasteiger partial charge on any atom is -0.478 e. The third-order valence-electron chi connectivity index (χ3n) is 2.95. The van der Waals surface area contributed by atoms with Gasteiger partial charge in [-0.05, 0) is 31.9 Å². The van der Waals surface area contributed by atoms with E-state index in [1.165, 1.54) is 17.4 Å². The second kappa shape index (κ2) is 5.58. The van der Waals surface area contributed by atoms with Crippen LogP contribution in [0, 0.1) is 13.8 Å². The van der Waals surface area contributed by atoms with E-state index >= 15 is 0 Å².